The van der Waals surface area contributed by atoms with Crippen molar-refractivity contribution < 1.29 is 4.21 Å². The second kappa shape index (κ2) is 8.30. The van der Waals surface area contributed by atoms with Crippen LogP contribution in [0, 0.1) is 0 Å². The van der Waals surface area contributed by atoms with E-state index in [1.165, 1.54) is 0 Å². The van der Waals surface area contributed by atoms with E-state index in [-0.39, 0.29) is 0 Å². The molecular formula is C17H19Cl2N3OS. The van der Waals surface area contributed by atoms with Gasteiger partial charge in [0.1, 0.15) is 0 Å². The van der Waals surface area contributed by atoms with Crippen molar-refractivity contribution in [2.24, 2.45) is 0 Å². The summed E-state index contributed by atoms with van der Waals surface area (Å²) >= 11 is 12.5. The van der Waals surface area contributed by atoms with Crippen LogP contribution in [0.5, 0.6) is 0 Å². The van der Waals surface area contributed by atoms with Crippen LogP contribution in [-0.4, -0.2) is 39.7 Å². The number of pyridine rings is 1. The number of aromatic nitrogens is 1. The third-order valence-corrected chi connectivity index (χ3v) is 6.09. The van der Waals surface area contributed by atoms with Crippen LogP contribution in [0.2, 0.25) is 10.0 Å². The fraction of sp³-hybridized carbons (Fsp3) is 0.353. The highest BCUT2D eigenvalue weighted by Gasteiger charge is 2.22. The minimum Gasteiger partial charge on any atom is -0.368 e. The molecule has 1 aromatic carbocycles. The van der Waals surface area contributed by atoms with Gasteiger partial charge in [0.15, 0.2) is 0 Å². The molecule has 0 radical (unpaired) electrons. The van der Waals surface area contributed by atoms with Gasteiger partial charge in [0.25, 0.3) is 0 Å². The molecule has 1 unspecified atom stereocenters. The molecular weight excluding hydrogens is 365 g/mol. The smallest absolute Gasteiger partial charge is 0.0988 e. The molecule has 2 heterocycles. The highest BCUT2D eigenvalue weighted by molar-refractivity contribution is 7.81. The zero-order valence-electron chi connectivity index (χ0n) is 13.2. The van der Waals surface area contributed by atoms with Crippen LogP contribution in [0.25, 0.3) is 0 Å². The number of benzene rings is 1. The Morgan fingerprint density at radius 2 is 1.71 bits per heavy atom. The Balaban J connectivity index is 1.66. The average molecular weight is 384 g/mol. The molecule has 0 saturated carbocycles. The highest BCUT2D eigenvalue weighted by atomic mass is 35.5. The van der Waals surface area contributed by atoms with Gasteiger partial charge in [-0.15, -0.1) is 0 Å². The Kier molecular flexibility index (Phi) is 6.11. The quantitative estimate of drug-likeness (QED) is 0.805. The summed E-state index contributed by atoms with van der Waals surface area (Å²) in [5.41, 5.74) is 1.92. The lowest BCUT2D eigenvalue weighted by Gasteiger charge is -2.25. The summed E-state index contributed by atoms with van der Waals surface area (Å²) in [5.74, 6) is 0.553. The van der Waals surface area contributed by atoms with Crippen LogP contribution >= 0.6 is 23.2 Å². The molecule has 1 fully saturated rings. The van der Waals surface area contributed by atoms with Gasteiger partial charge in [-0.3, -0.25) is 4.98 Å². The molecule has 1 atom stereocenters. The van der Waals surface area contributed by atoms with Crippen LogP contribution in [0.3, 0.4) is 0 Å². The summed E-state index contributed by atoms with van der Waals surface area (Å²) in [5, 5.41) is 1.11. The van der Waals surface area contributed by atoms with E-state index in [4.69, 9.17) is 23.2 Å². The number of rotatable bonds is 4. The predicted molar refractivity (Wildman–Crippen MR) is 101 cm³/mol. The van der Waals surface area contributed by atoms with Gasteiger partial charge >= 0.3 is 0 Å². The first-order chi connectivity index (χ1) is 11.6. The second-order valence-electron chi connectivity index (χ2n) is 5.67. The van der Waals surface area contributed by atoms with Crippen LogP contribution in [0.1, 0.15) is 12.0 Å². The summed E-state index contributed by atoms with van der Waals surface area (Å²) in [6.07, 6.45) is 4.13. The van der Waals surface area contributed by atoms with E-state index in [1.807, 2.05) is 34.6 Å². The van der Waals surface area contributed by atoms with E-state index in [9.17, 15) is 4.21 Å². The number of anilines is 1. The monoisotopic (exact) mass is 383 g/mol. The van der Waals surface area contributed by atoms with Gasteiger partial charge in [0.2, 0.25) is 0 Å². The first-order valence-electron chi connectivity index (χ1n) is 7.86. The normalized spacial score (nSPS) is 17.5. The standard InChI is InChI=1S/C17H19Cl2N3OS/c18-15-11-20-12-16(19)17(15)21-7-4-8-22(10-9-21)24(23)13-14-5-2-1-3-6-14/h1-3,5-6,11-12H,4,7-10,13H2. The van der Waals surface area contributed by atoms with Crippen molar-refractivity contribution >= 4 is 39.9 Å². The lowest BCUT2D eigenvalue weighted by molar-refractivity contribution is 0.472. The minimum absolute atomic E-state index is 0.553. The molecule has 0 N–H and O–H groups in total. The Labute approximate surface area is 155 Å². The third-order valence-electron chi connectivity index (χ3n) is 4.02. The predicted octanol–water partition coefficient (Wildman–Crippen LogP) is 3.76. The van der Waals surface area contributed by atoms with Crippen LogP contribution < -0.4 is 4.90 Å². The van der Waals surface area contributed by atoms with Gasteiger partial charge in [0, 0.05) is 38.6 Å². The lowest BCUT2D eigenvalue weighted by Crippen LogP contribution is -2.32. The number of hydrogen-bond donors (Lipinski definition) is 0. The molecule has 128 valence electrons. The summed E-state index contributed by atoms with van der Waals surface area (Å²) in [4.78, 5) is 6.16. The van der Waals surface area contributed by atoms with Gasteiger partial charge in [0.05, 0.1) is 32.5 Å². The van der Waals surface area contributed by atoms with Gasteiger partial charge < -0.3 is 4.90 Å². The minimum atomic E-state index is -1.02. The van der Waals surface area contributed by atoms with Gasteiger partial charge in [-0.1, -0.05) is 53.5 Å². The zero-order valence-corrected chi connectivity index (χ0v) is 15.5. The molecule has 0 aliphatic carbocycles. The molecule has 1 aromatic heterocycles. The average Bonchev–Trinajstić information content (AvgIpc) is 2.82. The molecule has 1 aliphatic rings. The number of halogens is 2. The van der Waals surface area contributed by atoms with E-state index in [2.05, 4.69) is 9.88 Å². The van der Waals surface area contributed by atoms with Gasteiger partial charge in [-0.25, -0.2) is 8.51 Å². The summed E-state index contributed by atoms with van der Waals surface area (Å²) < 4.78 is 14.7. The molecule has 7 heteroatoms. The van der Waals surface area contributed by atoms with Crippen molar-refractivity contribution in [3.63, 3.8) is 0 Å². The molecule has 1 saturated heterocycles. The van der Waals surface area contributed by atoms with Gasteiger partial charge in [-0.2, -0.15) is 0 Å². The Hall–Kier alpha value is -1.14. The van der Waals surface area contributed by atoms with E-state index in [0.29, 0.717) is 22.3 Å². The van der Waals surface area contributed by atoms with Crippen molar-refractivity contribution in [3.8, 4) is 0 Å². The zero-order chi connectivity index (χ0) is 16.9. The van der Waals surface area contributed by atoms with Crippen LogP contribution in [0.15, 0.2) is 42.7 Å². The van der Waals surface area contributed by atoms with E-state index < -0.39 is 11.0 Å². The second-order valence-corrected chi connectivity index (χ2v) is 7.94. The third kappa shape index (κ3) is 4.28. The molecule has 24 heavy (non-hydrogen) atoms. The number of nitrogens with zero attached hydrogens (tertiary/aromatic N) is 3. The fourth-order valence-corrected chi connectivity index (χ4v) is 4.72. The Morgan fingerprint density at radius 3 is 2.42 bits per heavy atom. The SMILES string of the molecule is O=S(Cc1ccccc1)N1CCCN(c2c(Cl)cncc2Cl)CC1. The topological polar surface area (TPSA) is 36.4 Å². The summed E-state index contributed by atoms with van der Waals surface area (Å²) in [6.45, 7) is 3.09. The molecule has 4 nitrogen and oxygen atoms in total. The molecule has 0 amide bonds. The van der Waals surface area contributed by atoms with Crippen molar-refractivity contribution in [1.29, 1.82) is 0 Å². The lowest BCUT2D eigenvalue weighted by atomic mass is 10.2. The maximum atomic E-state index is 12.7. The first kappa shape index (κ1) is 17.7. The summed E-state index contributed by atoms with van der Waals surface area (Å²) in [6, 6.07) is 9.95. The molecule has 1 aliphatic heterocycles. The Morgan fingerprint density at radius 1 is 1.00 bits per heavy atom. The van der Waals surface area contributed by atoms with E-state index in [1.54, 1.807) is 12.4 Å². The maximum absolute atomic E-state index is 12.7. The molecule has 0 bridgehead atoms. The fourth-order valence-electron chi connectivity index (χ4n) is 2.84. The van der Waals surface area contributed by atoms with Crippen molar-refractivity contribution in [2.45, 2.75) is 12.2 Å². The largest absolute Gasteiger partial charge is 0.368 e. The molecule has 0 spiro atoms. The van der Waals surface area contributed by atoms with E-state index in [0.717, 1.165) is 37.3 Å². The summed E-state index contributed by atoms with van der Waals surface area (Å²) in [7, 11) is -1.02. The highest BCUT2D eigenvalue weighted by Crippen LogP contribution is 2.33. The van der Waals surface area contributed by atoms with Crippen LogP contribution in [-0.2, 0) is 16.7 Å². The first-order valence-corrected chi connectivity index (χ1v) is 9.89. The van der Waals surface area contributed by atoms with Crippen molar-refractivity contribution in [1.82, 2.24) is 9.29 Å². The van der Waals surface area contributed by atoms with Gasteiger partial charge in [-0.05, 0) is 12.0 Å². The van der Waals surface area contributed by atoms with Crippen LogP contribution in [0.4, 0.5) is 5.69 Å². The Bertz CT molecular complexity index is 694. The number of hydrogen-bond acceptors (Lipinski definition) is 3. The molecule has 2 aromatic rings. The van der Waals surface area contributed by atoms with Crippen molar-refractivity contribution in [3.05, 3.63) is 58.3 Å². The molecule has 3 rings (SSSR count). The maximum Gasteiger partial charge on any atom is 0.0988 e. The van der Waals surface area contributed by atoms with Crippen molar-refractivity contribution in [2.75, 3.05) is 31.1 Å². The van der Waals surface area contributed by atoms with E-state index >= 15 is 0 Å².